The Labute approximate surface area is 120 Å². The molecule has 106 valence electrons. The van der Waals surface area contributed by atoms with E-state index in [0.29, 0.717) is 17.5 Å². The van der Waals surface area contributed by atoms with E-state index in [4.69, 9.17) is 16.3 Å². The molecule has 1 rings (SSSR count). The summed E-state index contributed by atoms with van der Waals surface area (Å²) in [5.74, 6) is 0.220. The van der Waals surface area contributed by atoms with Gasteiger partial charge in [-0.3, -0.25) is 0 Å². The second kappa shape index (κ2) is 7.51. The molecule has 0 aromatic heterocycles. The zero-order valence-corrected chi connectivity index (χ0v) is 12.8. The van der Waals surface area contributed by atoms with Gasteiger partial charge in [0.1, 0.15) is 6.04 Å². The summed E-state index contributed by atoms with van der Waals surface area (Å²) in [5.41, 5.74) is 1.91. The number of benzene rings is 1. The lowest BCUT2D eigenvalue weighted by Crippen LogP contribution is -2.33. The number of hydrogen-bond acceptors (Lipinski definition) is 3. The minimum atomic E-state index is -0.431. The van der Waals surface area contributed by atoms with Crippen LogP contribution in [-0.4, -0.2) is 19.1 Å². The van der Waals surface area contributed by atoms with Gasteiger partial charge in [-0.05, 0) is 49.6 Å². The SMILES string of the molecule is CCOC(=O)C(NCC(C)C)c1ccc(Cl)cc1C. The molecule has 3 nitrogen and oxygen atoms in total. The van der Waals surface area contributed by atoms with Gasteiger partial charge in [-0.25, -0.2) is 4.79 Å². The van der Waals surface area contributed by atoms with Gasteiger partial charge in [0, 0.05) is 5.02 Å². The lowest BCUT2D eigenvalue weighted by atomic mass is 10.0. The molecule has 4 heteroatoms. The van der Waals surface area contributed by atoms with E-state index in [1.807, 2.05) is 26.0 Å². The molecule has 0 aliphatic carbocycles. The van der Waals surface area contributed by atoms with Crippen LogP contribution in [0.1, 0.15) is 37.9 Å². The van der Waals surface area contributed by atoms with Gasteiger partial charge in [0.25, 0.3) is 0 Å². The molecule has 0 aliphatic heterocycles. The summed E-state index contributed by atoms with van der Waals surface area (Å²) in [6.07, 6.45) is 0. The first-order valence-electron chi connectivity index (χ1n) is 6.61. The van der Waals surface area contributed by atoms with Crippen molar-refractivity contribution in [1.82, 2.24) is 5.32 Å². The third-order valence-corrected chi connectivity index (χ3v) is 3.03. The van der Waals surface area contributed by atoms with Crippen molar-refractivity contribution in [2.75, 3.05) is 13.2 Å². The summed E-state index contributed by atoms with van der Waals surface area (Å²) >= 11 is 5.95. The molecule has 0 amide bonds. The largest absolute Gasteiger partial charge is 0.465 e. The van der Waals surface area contributed by atoms with Gasteiger partial charge in [0.15, 0.2) is 0 Å². The maximum Gasteiger partial charge on any atom is 0.327 e. The Bertz CT molecular complexity index is 432. The van der Waals surface area contributed by atoms with Crippen molar-refractivity contribution in [3.05, 3.63) is 34.3 Å². The normalized spacial score (nSPS) is 12.5. The smallest absolute Gasteiger partial charge is 0.327 e. The minimum Gasteiger partial charge on any atom is -0.465 e. The Kier molecular flexibility index (Phi) is 6.32. The monoisotopic (exact) mass is 283 g/mol. The molecule has 0 bridgehead atoms. The summed E-state index contributed by atoms with van der Waals surface area (Å²) in [7, 11) is 0. The summed E-state index contributed by atoms with van der Waals surface area (Å²) in [6, 6.07) is 5.11. The Morgan fingerprint density at radius 2 is 2.11 bits per heavy atom. The summed E-state index contributed by atoms with van der Waals surface area (Å²) in [5, 5.41) is 3.94. The van der Waals surface area contributed by atoms with Gasteiger partial charge < -0.3 is 10.1 Å². The number of aryl methyl sites for hydroxylation is 1. The average Bonchev–Trinajstić information content (AvgIpc) is 2.31. The van der Waals surface area contributed by atoms with Crippen LogP contribution in [0, 0.1) is 12.8 Å². The Balaban J connectivity index is 2.97. The highest BCUT2D eigenvalue weighted by Gasteiger charge is 2.23. The molecule has 1 aromatic rings. The number of ether oxygens (including phenoxy) is 1. The first-order valence-corrected chi connectivity index (χ1v) is 6.99. The highest BCUT2D eigenvalue weighted by Crippen LogP contribution is 2.22. The molecule has 0 fully saturated rings. The predicted octanol–water partition coefficient (Wildman–Crippen LogP) is 3.50. The van der Waals surface area contributed by atoms with Crippen molar-refractivity contribution in [3.63, 3.8) is 0 Å². The fourth-order valence-corrected chi connectivity index (χ4v) is 2.09. The van der Waals surface area contributed by atoms with E-state index in [1.54, 1.807) is 6.07 Å². The molecule has 1 N–H and O–H groups in total. The third kappa shape index (κ3) is 4.84. The van der Waals surface area contributed by atoms with Crippen LogP contribution < -0.4 is 5.32 Å². The number of carbonyl (C=O) groups excluding carboxylic acids is 1. The standard InChI is InChI=1S/C15H22ClNO2/c1-5-19-15(18)14(17-9-10(2)3)13-7-6-12(16)8-11(13)4/h6-8,10,14,17H,5,9H2,1-4H3. The molecule has 1 unspecified atom stereocenters. The van der Waals surface area contributed by atoms with Crippen molar-refractivity contribution in [3.8, 4) is 0 Å². The van der Waals surface area contributed by atoms with Crippen LogP contribution in [0.3, 0.4) is 0 Å². The van der Waals surface area contributed by atoms with Gasteiger partial charge in [-0.1, -0.05) is 31.5 Å². The van der Waals surface area contributed by atoms with Crippen molar-refractivity contribution < 1.29 is 9.53 Å². The zero-order chi connectivity index (χ0) is 14.4. The van der Waals surface area contributed by atoms with E-state index < -0.39 is 6.04 Å². The van der Waals surface area contributed by atoms with E-state index in [9.17, 15) is 4.79 Å². The van der Waals surface area contributed by atoms with Crippen LogP contribution in [0.4, 0.5) is 0 Å². The number of rotatable bonds is 6. The number of esters is 1. The Hall–Kier alpha value is -1.06. The molecule has 1 atom stereocenters. The molecule has 0 saturated heterocycles. The minimum absolute atomic E-state index is 0.242. The second-order valence-electron chi connectivity index (χ2n) is 4.99. The van der Waals surface area contributed by atoms with Crippen molar-refractivity contribution in [2.24, 2.45) is 5.92 Å². The van der Waals surface area contributed by atoms with Crippen LogP contribution in [0.15, 0.2) is 18.2 Å². The topological polar surface area (TPSA) is 38.3 Å². The Morgan fingerprint density at radius 3 is 2.63 bits per heavy atom. The van der Waals surface area contributed by atoms with Crippen LogP contribution in [-0.2, 0) is 9.53 Å². The van der Waals surface area contributed by atoms with Gasteiger partial charge in [-0.15, -0.1) is 0 Å². The fourth-order valence-electron chi connectivity index (χ4n) is 1.86. The van der Waals surface area contributed by atoms with E-state index in [0.717, 1.165) is 17.7 Å². The van der Waals surface area contributed by atoms with Gasteiger partial charge >= 0.3 is 5.97 Å². The fraction of sp³-hybridized carbons (Fsp3) is 0.533. The second-order valence-corrected chi connectivity index (χ2v) is 5.42. The maximum atomic E-state index is 12.1. The van der Waals surface area contributed by atoms with E-state index in [-0.39, 0.29) is 5.97 Å². The van der Waals surface area contributed by atoms with Gasteiger partial charge in [-0.2, -0.15) is 0 Å². The van der Waals surface area contributed by atoms with Crippen molar-refractivity contribution >= 4 is 17.6 Å². The van der Waals surface area contributed by atoms with Crippen LogP contribution in [0.2, 0.25) is 5.02 Å². The quantitative estimate of drug-likeness (QED) is 0.812. The van der Waals surface area contributed by atoms with E-state index in [1.165, 1.54) is 0 Å². The lowest BCUT2D eigenvalue weighted by Gasteiger charge is -2.20. The maximum absolute atomic E-state index is 12.1. The van der Waals surface area contributed by atoms with Crippen LogP contribution in [0.25, 0.3) is 0 Å². The Morgan fingerprint density at radius 1 is 1.42 bits per heavy atom. The molecule has 1 aromatic carbocycles. The molecular weight excluding hydrogens is 262 g/mol. The lowest BCUT2D eigenvalue weighted by molar-refractivity contribution is -0.145. The highest BCUT2D eigenvalue weighted by atomic mass is 35.5. The number of nitrogens with one attached hydrogen (secondary N) is 1. The highest BCUT2D eigenvalue weighted by molar-refractivity contribution is 6.30. The number of halogens is 1. The van der Waals surface area contributed by atoms with Crippen LogP contribution in [0.5, 0.6) is 0 Å². The molecule has 0 saturated carbocycles. The van der Waals surface area contributed by atoms with Gasteiger partial charge in [0.2, 0.25) is 0 Å². The number of carbonyl (C=O) groups is 1. The van der Waals surface area contributed by atoms with Crippen LogP contribution >= 0.6 is 11.6 Å². The molecule has 0 radical (unpaired) electrons. The molecule has 0 heterocycles. The summed E-state index contributed by atoms with van der Waals surface area (Å²) in [6.45, 7) is 9.10. The molecule has 19 heavy (non-hydrogen) atoms. The third-order valence-electron chi connectivity index (χ3n) is 2.80. The van der Waals surface area contributed by atoms with Crippen molar-refractivity contribution in [2.45, 2.75) is 33.7 Å². The predicted molar refractivity (Wildman–Crippen MR) is 78.4 cm³/mol. The van der Waals surface area contributed by atoms with Crippen molar-refractivity contribution in [1.29, 1.82) is 0 Å². The first kappa shape index (κ1) is 16.0. The molecule has 0 spiro atoms. The molecule has 0 aliphatic rings. The summed E-state index contributed by atoms with van der Waals surface area (Å²) in [4.78, 5) is 12.1. The van der Waals surface area contributed by atoms with E-state index >= 15 is 0 Å². The number of hydrogen-bond donors (Lipinski definition) is 1. The molecular formula is C15H22ClNO2. The first-order chi connectivity index (χ1) is 8.95. The summed E-state index contributed by atoms with van der Waals surface area (Å²) < 4.78 is 5.14. The van der Waals surface area contributed by atoms with Gasteiger partial charge in [0.05, 0.1) is 6.61 Å². The van der Waals surface area contributed by atoms with E-state index in [2.05, 4.69) is 19.2 Å². The average molecular weight is 284 g/mol. The zero-order valence-electron chi connectivity index (χ0n) is 12.0.